The third-order valence-electron chi connectivity index (χ3n) is 3.00. The van der Waals surface area contributed by atoms with Gasteiger partial charge in [-0.3, -0.25) is 4.79 Å². The van der Waals surface area contributed by atoms with Gasteiger partial charge in [0.25, 0.3) is 5.91 Å². The number of hydrogen-bond donors (Lipinski definition) is 2. The predicted octanol–water partition coefficient (Wildman–Crippen LogP) is 1.66. The minimum atomic E-state index is -3.32. The van der Waals surface area contributed by atoms with Crippen molar-refractivity contribution in [3.05, 3.63) is 53.3 Å². The minimum Gasteiger partial charge on any atom is -0.367 e. The lowest BCUT2D eigenvalue weighted by Crippen LogP contribution is -2.23. The molecule has 2 N–H and O–H groups in total. The standard InChI is InChI=1S/C14H16N2O3S/c1-10-3-4-12(20(2,18)19)7-13(10)14(17)16-9-11-5-6-15-8-11/h3-8,15H,9H2,1-2H3,(H,16,17). The van der Waals surface area contributed by atoms with Crippen LogP contribution in [0.15, 0.2) is 41.6 Å². The van der Waals surface area contributed by atoms with Crippen LogP contribution in [0.1, 0.15) is 21.5 Å². The van der Waals surface area contributed by atoms with Crippen molar-refractivity contribution in [2.75, 3.05) is 6.26 Å². The highest BCUT2D eigenvalue weighted by molar-refractivity contribution is 7.90. The van der Waals surface area contributed by atoms with Crippen molar-refractivity contribution >= 4 is 15.7 Å². The number of sulfone groups is 1. The number of nitrogens with one attached hydrogen (secondary N) is 2. The zero-order chi connectivity index (χ0) is 14.8. The van der Waals surface area contributed by atoms with Gasteiger partial charge in [-0.05, 0) is 36.2 Å². The van der Waals surface area contributed by atoms with E-state index in [1.807, 2.05) is 6.07 Å². The Bertz CT molecular complexity index is 719. The SMILES string of the molecule is Cc1ccc(S(C)(=O)=O)cc1C(=O)NCc1cc[nH]c1. The van der Waals surface area contributed by atoms with E-state index in [1.54, 1.807) is 25.4 Å². The first-order chi connectivity index (χ1) is 9.38. The van der Waals surface area contributed by atoms with Crippen molar-refractivity contribution in [1.29, 1.82) is 0 Å². The van der Waals surface area contributed by atoms with E-state index in [9.17, 15) is 13.2 Å². The second-order valence-electron chi connectivity index (χ2n) is 4.65. The highest BCUT2D eigenvalue weighted by atomic mass is 32.2. The molecule has 2 aromatic rings. The molecule has 0 unspecified atom stereocenters. The summed E-state index contributed by atoms with van der Waals surface area (Å²) < 4.78 is 23.1. The summed E-state index contributed by atoms with van der Waals surface area (Å²) in [5.74, 6) is -0.283. The molecule has 5 nitrogen and oxygen atoms in total. The van der Waals surface area contributed by atoms with Gasteiger partial charge in [-0.25, -0.2) is 8.42 Å². The molecule has 106 valence electrons. The Balaban J connectivity index is 2.21. The van der Waals surface area contributed by atoms with Crippen molar-refractivity contribution in [3.63, 3.8) is 0 Å². The maximum absolute atomic E-state index is 12.1. The van der Waals surface area contributed by atoms with Gasteiger partial charge in [0.1, 0.15) is 0 Å². The number of aromatic nitrogens is 1. The summed E-state index contributed by atoms with van der Waals surface area (Å²) in [4.78, 5) is 15.2. The van der Waals surface area contributed by atoms with E-state index in [2.05, 4.69) is 10.3 Å². The monoisotopic (exact) mass is 292 g/mol. The van der Waals surface area contributed by atoms with Crippen LogP contribution in [0.4, 0.5) is 0 Å². The number of H-pyrrole nitrogens is 1. The van der Waals surface area contributed by atoms with E-state index < -0.39 is 9.84 Å². The van der Waals surface area contributed by atoms with Crippen molar-refractivity contribution < 1.29 is 13.2 Å². The Kier molecular flexibility index (Phi) is 3.94. The van der Waals surface area contributed by atoms with Crippen LogP contribution in [-0.2, 0) is 16.4 Å². The highest BCUT2D eigenvalue weighted by Gasteiger charge is 2.14. The van der Waals surface area contributed by atoms with Crippen LogP contribution < -0.4 is 5.32 Å². The van der Waals surface area contributed by atoms with Crippen molar-refractivity contribution in [2.45, 2.75) is 18.4 Å². The number of rotatable bonds is 4. The van der Waals surface area contributed by atoms with Gasteiger partial charge in [0.2, 0.25) is 0 Å². The molecule has 0 aliphatic heterocycles. The lowest BCUT2D eigenvalue weighted by molar-refractivity contribution is 0.0950. The number of carbonyl (C=O) groups is 1. The van der Waals surface area contributed by atoms with Gasteiger partial charge in [-0.15, -0.1) is 0 Å². The first-order valence-electron chi connectivity index (χ1n) is 6.08. The van der Waals surface area contributed by atoms with Gasteiger partial charge in [0, 0.05) is 30.8 Å². The van der Waals surface area contributed by atoms with Crippen LogP contribution >= 0.6 is 0 Å². The summed E-state index contributed by atoms with van der Waals surface area (Å²) in [7, 11) is -3.32. The smallest absolute Gasteiger partial charge is 0.251 e. The molecule has 1 aromatic carbocycles. The van der Waals surface area contributed by atoms with Gasteiger partial charge in [-0.2, -0.15) is 0 Å². The van der Waals surface area contributed by atoms with E-state index in [-0.39, 0.29) is 10.8 Å². The number of carbonyl (C=O) groups excluding carboxylic acids is 1. The zero-order valence-electron chi connectivity index (χ0n) is 11.3. The van der Waals surface area contributed by atoms with Crippen LogP contribution in [0, 0.1) is 6.92 Å². The molecule has 2 rings (SSSR count). The summed E-state index contributed by atoms with van der Waals surface area (Å²) in [5.41, 5.74) is 2.07. The number of hydrogen-bond acceptors (Lipinski definition) is 3. The molecule has 1 amide bonds. The van der Waals surface area contributed by atoms with Gasteiger partial charge in [0.05, 0.1) is 4.90 Å². The Morgan fingerprint density at radius 2 is 2.05 bits per heavy atom. The summed E-state index contributed by atoms with van der Waals surface area (Å²) >= 11 is 0. The Morgan fingerprint density at radius 3 is 2.65 bits per heavy atom. The third kappa shape index (κ3) is 3.27. The van der Waals surface area contributed by atoms with Crippen molar-refractivity contribution in [2.24, 2.45) is 0 Å². The largest absolute Gasteiger partial charge is 0.367 e. The van der Waals surface area contributed by atoms with Gasteiger partial charge < -0.3 is 10.3 Å². The van der Waals surface area contributed by atoms with Crippen LogP contribution in [0.25, 0.3) is 0 Å². The van der Waals surface area contributed by atoms with Crippen LogP contribution in [0.3, 0.4) is 0 Å². The second kappa shape index (κ2) is 5.50. The van der Waals surface area contributed by atoms with Crippen molar-refractivity contribution in [3.8, 4) is 0 Å². The molecule has 0 saturated carbocycles. The predicted molar refractivity (Wildman–Crippen MR) is 76.3 cm³/mol. The highest BCUT2D eigenvalue weighted by Crippen LogP contribution is 2.15. The first kappa shape index (κ1) is 14.3. The number of aryl methyl sites for hydroxylation is 1. The van der Waals surface area contributed by atoms with Gasteiger partial charge in [0.15, 0.2) is 9.84 Å². The van der Waals surface area contributed by atoms with E-state index in [0.29, 0.717) is 12.1 Å². The zero-order valence-corrected chi connectivity index (χ0v) is 12.1. The molecule has 0 atom stereocenters. The first-order valence-corrected chi connectivity index (χ1v) is 7.97. The molecular weight excluding hydrogens is 276 g/mol. The molecule has 0 aliphatic rings. The Morgan fingerprint density at radius 1 is 1.30 bits per heavy atom. The van der Waals surface area contributed by atoms with E-state index >= 15 is 0 Å². The van der Waals surface area contributed by atoms with E-state index in [4.69, 9.17) is 0 Å². The molecule has 0 fully saturated rings. The third-order valence-corrected chi connectivity index (χ3v) is 4.11. The lowest BCUT2D eigenvalue weighted by Gasteiger charge is -2.08. The topological polar surface area (TPSA) is 79.0 Å². The second-order valence-corrected chi connectivity index (χ2v) is 6.67. The molecule has 1 heterocycles. The van der Waals surface area contributed by atoms with Crippen molar-refractivity contribution in [1.82, 2.24) is 10.3 Å². The maximum Gasteiger partial charge on any atom is 0.251 e. The fourth-order valence-corrected chi connectivity index (χ4v) is 2.47. The summed E-state index contributed by atoms with van der Waals surface area (Å²) in [6, 6.07) is 6.42. The summed E-state index contributed by atoms with van der Waals surface area (Å²) in [6.45, 7) is 2.17. The Hall–Kier alpha value is -2.08. The summed E-state index contributed by atoms with van der Waals surface area (Å²) in [5, 5.41) is 2.77. The molecule has 0 bridgehead atoms. The molecule has 1 aromatic heterocycles. The van der Waals surface area contributed by atoms with Gasteiger partial charge >= 0.3 is 0 Å². The number of benzene rings is 1. The average molecular weight is 292 g/mol. The number of amides is 1. The van der Waals surface area contributed by atoms with Gasteiger partial charge in [-0.1, -0.05) is 6.07 Å². The molecule has 20 heavy (non-hydrogen) atoms. The van der Waals surface area contributed by atoms with Crippen LogP contribution in [0.2, 0.25) is 0 Å². The fourth-order valence-electron chi connectivity index (χ4n) is 1.82. The van der Waals surface area contributed by atoms with Crippen LogP contribution in [0.5, 0.6) is 0 Å². The quantitative estimate of drug-likeness (QED) is 0.899. The fraction of sp³-hybridized carbons (Fsp3) is 0.214. The minimum absolute atomic E-state index is 0.148. The lowest BCUT2D eigenvalue weighted by atomic mass is 10.1. The van der Waals surface area contributed by atoms with Crippen LogP contribution in [-0.4, -0.2) is 25.6 Å². The van der Waals surface area contributed by atoms with E-state index in [1.165, 1.54) is 12.1 Å². The molecule has 0 saturated heterocycles. The number of aromatic amines is 1. The average Bonchev–Trinajstić information content (AvgIpc) is 2.88. The maximum atomic E-state index is 12.1. The molecule has 0 radical (unpaired) electrons. The summed E-state index contributed by atoms with van der Waals surface area (Å²) in [6.07, 6.45) is 4.69. The molecule has 0 aliphatic carbocycles. The normalized spacial score (nSPS) is 11.3. The molecule has 0 spiro atoms. The van der Waals surface area contributed by atoms with E-state index in [0.717, 1.165) is 17.4 Å². The Labute approximate surface area is 117 Å². The molecular formula is C14H16N2O3S. The molecule has 6 heteroatoms.